The Morgan fingerprint density at radius 2 is 1.08 bits per heavy atom. The summed E-state index contributed by atoms with van der Waals surface area (Å²) in [5.41, 5.74) is 2.49. The lowest BCUT2D eigenvalue weighted by molar-refractivity contribution is 0.340. The maximum Gasteiger partial charge on any atom is 0.119 e. The summed E-state index contributed by atoms with van der Waals surface area (Å²) in [6, 6.07) is 16.6. The Bertz CT molecular complexity index is 539. The molecule has 0 aliphatic rings. The molecule has 0 unspecified atom stereocenters. The van der Waals surface area contributed by atoms with Crippen LogP contribution in [-0.2, 0) is 5.41 Å². The molecule has 0 saturated heterocycles. The molecule has 0 aliphatic carbocycles. The van der Waals surface area contributed by atoms with Crippen molar-refractivity contribution in [1.82, 2.24) is 0 Å². The summed E-state index contributed by atoms with van der Waals surface area (Å²) in [6.45, 7) is 15.1. The van der Waals surface area contributed by atoms with Gasteiger partial charge in [0, 0.05) is 5.41 Å². The second kappa shape index (κ2) is 11.6. The van der Waals surface area contributed by atoms with E-state index in [4.69, 9.17) is 9.47 Å². The predicted octanol–water partition coefficient (Wildman–Crippen LogP) is 6.47. The highest BCUT2D eigenvalue weighted by atomic mass is 16.5. The van der Waals surface area contributed by atoms with Crippen molar-refractivity contribution in [3.63, 3.8) is 0 Å². The Balaban J connectivity index is 0.00000123. The van der Waals surface area contributed by atoms with Crippen LogP contribution in [-0.4, -0.2) is 13.7 Å². The Labute approximate surface area is 148 Å². The van der Waals surface area contributed by atoms with E-state index in [-0.39, 0.29) is 5.41 Å². The van der Waals surface area contributed by atoms with Crippen LogP contribution in [0.15, 0.2) is 48.5 Å². The quantitative estimate of drug-likeness (QED) is 0.625. The summed E-state index contributed by atoms with van der Waals surface area (Å²) in [5.74, 6) is 1.80. The number of hydrogen-bond acceptors (Lipinski definition) is 2. The number of benzene rings is 2. The van der Waals surface area contributed by atoms with Gasteiger partial charge in [-0.05, 0) is 42.3 Å². The first-order valence-electron chi connectivity index (χ1n) is 8.96. The van der Waals surface area contributed by atoms with Gasteiger partial charge in [0.2, 0.25) is 0 Å². The Morgan fingerprint density at radius 1 is 0.708 bits per heavy atom. The molecule has 0 spiro atoms. The first-order chi connectivity index (χ1) is 11.6. The van der Waals surface area contributed by atoms with Gasteiger partial charge in [0.1, 0.15) is 11.5 Å². The van der Waals surface area contributed by atoms with Crippen LogP contribution in [0.4, 0.5) is 0 Å². The highest BCUT2D eigenvalue weighted by molar-refractivity contribution is 5.41. The average molecular weight is 331 g/mol. The van der Waals surface area contributed by atoms with E-state index >= 15 is 0 Å². The molecule has 2 nitrogen and oxygen atoms in total. The molecule has 134 valence electrons. The van der Waals surface area contributed by atoms with Crippen LogP contribution in [0.1, 0.15) is 59.6 Å². The maximum atomic E-state index is 5.49. The summed E-state index contributed by atoms with van der Waals surface area (Å²) in [5, 5.41) is 0. The van der Waals surface area contributed by atoms with Crippen LogP contribution in [0.2, 0.25) is 0 Å². The second-order valence-electron chi connectivity index (χ2n) is 5.31. The molecule has 0 bridgehead atoms. The van der Waals surface area contributed by atoms with E-state index in [1.165, 1.54) is 11.1 Å². The predicted molar refractivity (Wildman–Crippen MR) is 105 cm³/mol. The Hall–Kier alpha value is -1.96. The topological polar surface area (TPSA) is 18.5 Å². The molecule has 24 heavy (non-hydrogen) atoms. The highest BCUT2D eigenvalue weighted by Crippen LogP contribution is 2.33. The van der Waals surface area contributed by atoms with Crippen LogP contribution in [0.5, 0.6) is 11.5 Å². The molecular formula is C22H34O2. The van der Waals surface area contributed by atoms with E-state index in [1.54, 1.807) is 7.11 Å². The normalized spacial score (nSPS) is 9.83. The zero-order valence-corrected chi connectivity index (χ0v) is 16.6. The van der Waals surface area contributed by atoms with Gasteiger partial charge in [-0.1, -0.05) is 65.8 Å². The smallest absolute Gasteiger partial charge is 0.119 e. The molecule has 2 rings (SSSR count). The third kappa shape index (κ3) is 5.92. The SMILES string of the molecule is CC.CC.CCOc1ccc(C(C)(C)c2ccc(OC)cc2)cc1. The molecule has 2 aromatic rings. The fraction of sp³-hybridized carbons (Fsp3) is 0.455. The lowest BCUT2D eigenvalue weighted by Crippen LogP contribution is -2.18. The average Bonchev–Trinajstić information content (AvgIpc) is 2.66. The van der Waals surface area contributed by atoms with Gasteiger partial charge >= 0.3 is 0 Å². The summed E-state index contributed by atoms with van der Waals surface area (Å²) in [6.07, 6.45) is 0. The van der Waals surface area contributed by atoms with Gasteiger partial charge in [-0.2, -0.15) is 0 Å². The first-order valence-corrected chi connectivity index (χ1v) is 8.96. The standard InChI is InChI=1S/C18H22O2.2C2H6/c1-5-20-17-12-8-15(9-13-17)18(2,3)14-6-10-16(19-4)11-7-14;2*1-2/h6-13H,5H2,1-4H3;2*1-2H3. The third-order valence-corrected chi connectivity index (χ3v) is 3.70. The van der Waals surface area contributed by atoms with Crippen molar-refractivity contribution in [3.8, 4) is 11.5 Å². The van der Waals surface area contributed by atoms with Crippen molar-refractivity contribution in [3.05, 3.63) is 59.7 Å². The fourth-order valence-electron chi connectivity index (χ4n) is 2.31. The Morgan fingerprint density at radius 3 is 1.42 bits per heavy atom. The minimum atomic E-state index is -0.0446. The minimum absolute atomic E-state index is 0.0446. The van der Waals surface area contributed by atoms with Gasteiger partial charge < -0.3 is 9.47 Å². The van der Waals surface area contributed by atoms with Crippen molar-refractivity contribution >= 4 is 0 Å². The van der Waals surface area contributed by atoms with Gasteiger partial charge in [0.15, 0.2) is 0 Å². The summed E-state index contributed by atoms with van der Waals surface area (Å²) < 4.78 is 10.7. The van der Waals surface area contributed by atoms with Gasteiger partial charge in [0.05, 0.1) is 13.7 Å². The molecule has 0 fully saturated rings. The largest absolute Gasteiger partial charge is 0.497 e. The summed E-state index contributed by atoms with van der Waals surface area (Å²) in [4.78, 5) is 0. The van der Waals surface area contributed by atoms with E-state index < -0.39 is 0 Å². The van der Waals surface area contributed by atoms with Crippen LogP contribution < -0.4 is 9.47 Å². The maximum absolute atomic E-state index is 5.49. The molecule has 0 radical (unpaired) electrons. The van der Waals surface area contributed by atoms with E-state index in [1.807, 2.05) is 58.9 Å². The van der Waals surface area contributed by atoms with Crippen LogP contribution >= 0.6 is 0 Å². The molecule has 0 amide bonds. The van der Waals surface area contributed by atoms with Gasteiger partial charge in [-0.3, -0.25) is 0 Å². The Kier molecular flexibility index (Phi) is 10.6. The number of hydrogen-bond donors (Lipinski definition) is 0. The van der Waals surface area contributed by atoms with E-state index in [9.17, 15) is 0 Å². The molecule has 0 aromatic heterocycles. The zero-order chi connectivity index (χ0) is 18.6. The first kappa shape index (κ1) is 22.0. The van der Waals surface area contributed by atoms with Gasteiger partial charge in [0.25, 0.3) is 0 Å². The lowest BCUT2D eigenvalue weighted by Gasteiger charge is -2.26. The monoisotopic (exact) mass is 330 g/mol. The fourth-order valence-corrected chi connectivity index (χ4v) is 2.31. The van der Waals surface area contributed by atoms with Crippen molar-refractivity contribution in [2.45, 2.75) is 53.9 Å². The third-order valence-electron chi connectivity index (χ3n) is 3.70. The van der Waals surface area contributed by atoms with Gasteiger partial charge in [-0.15, -0.1) is 0 Å². The highest BCUT2D eigenvalue weighted by Gasteiger charge is 2.23. The number of rotatable bonds is 5. The molecular weight excluding hydrogens is 296 g/mol. The van der Waals surface area contributed by atoms with Crippen LogP contribution in [0, 0.1) is 0 Å². The molecule has 0 heterocycles. The minimum Gasteiger partial charge on any atom is -0.497 e. The van der Waals surface area contributed by atoms with Crippen molar-refractivity contribution in [2.75, 3.05) is 13.7 Å². The van der Waals surface area contributed by atoms with Gasteiger partial charge in [-0.25, -0.2) is 0 Å². The summed E-state index contributed by atoms with van der Waals surface area (Å²) in [7, 11) is 1.69. The van der Waals surface area contributed by atoms with Crippen molar-refractivity contribution < 1.29 is 9.47 Å². The molecule has 2 aromatic carbocycles. The number of ether oxygens (including phenoxy) is 2. The van der Waals surface area contributed by atoms with E-state index in [2.05, 4.69) is 38.1 Å². The van der Waals surface area contributed by atoms with Crippen LogP contribution in [0.25, 0.3) is 0 Å². The summed E-state index contributed by atoms with van der Waals surface area (Å²) >= 11 is 0. The van der Waals surface area contributed by atoms with Crippen molar-refractivity contribution in [2.24, 2.45) is 0 Å². The van der Waals surface area contributed by atoms with Crippen molar-refractivity contribution in [1.29, 1.82) is 0 Å². The zero-order valence-electron chi connectivity index (χ0n) is 16.6. The molecule has 2 heteroatoms. The molecule has 0 aliphatic heterocycles. The van der Waals surface area contributed by atoms with E-state index in [0.29, 0.717) is 6.61 Å². The van der Waals surface area contributed by atoms with Crippen LogP contribution in [0.3, 0.4) is 0 Å². The number of methoxy groups -OCH3 is 1. The molecule has 0 N–H and O–H groups in total. The molecule has 0 atom stereocenters. The second-order valence-corrected chi connectivity index (χ2v) is 5.31. The lowest BCUT2D eigenvalue weighted by atomic mass is 9.78. The van der Waals surface area contributed by atoms with E-state index in [0.717, 1.165) is 11.5 Å². The molecule has 0 saturated carbocycles.